The van der Waals surface area contributed by atoms with Gasteiger partial charge in [-0.3, -0.25) is 0 Å². The monoisotopic (exact) mass is 406 g/mol. The van der Waals surface area contributed by atoms with Gasteiger partial charge in [0, 0.05) is 8.95 Å². The summed E-state index contributed by atoms with van der Waals surface area (Å²) in [6.45, 7) is 0. The average molecular weight is 409 g/mol. The molecular formula is C14H10Br2Cl2. The molecule has 0 aliphatic rings. The Morgan fingerprint density at radius 1 is 1.00 bits per heavy atom. The minimum atomic E-state index is -0.0724. The highest BCUT2D eigenvalue weighted by molar-refractivity contribution is 9.10. The van der Waals surface area contributed by atoms with Crippen LogP contribution in [0.3, 0.4) is 0 Å². The molecule has 0 nitrogen and oxygen atoms in total. The van der Waals surface area contributed by atoms with E-state index in [0.717, 1.165) is 20.9 Å². The summed E-state index contributed by atoms with van der Waals surface area (Å²) in [5, 5.41) is 0.616. The van der Waals surface area contributed by atoms with Gasteiger partial charge >= 0.3 is 0 Å². The third-order valence-corrected chi connectivity index (χ3v) is 4.80. The van der Waals surface area contributed by atoms with Gasteiger partial charge in [-0.05, 0) is 57.7 Å². The van der Waals surface area contributed by atoms with Gasteiger partial charge in [0.25, 0.3) is 0 Å². The van der Waals surface area contributed by atoms with E-state index >= 15 is 0 Å². The highest BCUT2D eigenvalue weighted by Gasteiger charge is 2.10. The first kappa shape index (κ1) is 14.4. The lowest BCUT2D eigenvalue weighted by Gasteiger charge is -2.11. The van der Waals surface area contributed by atoms with Crippen molar-refractivity contribution in [3.05, 3.63) is 67.6 Å². The summed E-state index contributed by atoms with van der Waals surface area (Å²) in [6.07, 6.45) is 0.785. The Morgan fingerprint density at radius 2 is 1.67 bits per heavy atom. The Morgan fingerprint density at radius 3 is 2.28 bits per heavy atom. The molecule has 0 saturated carbocycles. The first-order chi connectivity index (χ1) is 8.56. The molecule has 2 aromatic carbocycles. The Labute approximate surface area is 134 Å². The standard InChI is InChI=1S/C14H10Br2Cl2/c15-11-4-1-9(2-5-11)7-13(17)10-3-6-12(16)14(18)8-10/h1-6,8,13H,7H2. The summed E-state index contributed by atoms with van der Waals surface area (Å²) < 4.78 is 1.96. The van der Waals surface area contributed by atoms with E-state index in [9.17, 15) is 0 Å². The molecule has 0 aromatic heterocycles. The summed E-state index contributed by atoms with van der Waals surface area (Å²) in [5.41, 5.74) is 2.24. The van der Waals surface area contributed by atoms with E-state index in [1.54, 1.807) is 0 Å². The molecule has 4 heteroatoms. The minimum Gasteiger partial charge on any atom is -0.117 e. The van der Waals surface area contributed by atoms with Crippen molar-refractivity contribution in [2.45, 2.75) is 11.8 Å². The van der Waals surface area contributed by atoms with Gasteiger partial charge in [0.1, 0.15) is 0 Å². The van der Waals surface area contributed by atoms with Gasteiger partial charge < -0.3 is 0 Å². The van der Waals surface area contributed by atoms with Crippen LogP contribution in [-0.4, -0.2) is 0 Å². The van der Waals surface area contributed by atoms with E-state index in [1.165, 1.54) is 5.56 Å². The zero-order valence-electron chi connectivity index (χ0n) is 9.34. The maximum absolute atomic E-state index is 6.42. The second kappa shape index (κ2) is 6.42. The molecule has 0 aliphatic heterocycles. The maximum Gasteiger partial charge on any atom is 0.0626 e. The predicted octanol–water partition coefficient (Wildman–Crippen LogP) is 6.39. The van der Waals surface area contributed by atoms with Crippen LogP contribution in [0.15, 0.2) is 51.4 Å². The lowest BCUT2D eigenvalue weighted by Crippen LogP contribution is -1.96. The molecule has 0 fully saturated rings. The second-order valence-corrected chi connectivity index (χ2v) is 6.68. The summed E-state index contributed by atoms with van der Waals surface area (Å²) in [7, 11) is 0. The van der Waals surface area contributed by atoms with Crippen molar-refractivity contribution in [3.63, 3.8) is 0 Å². The van der Waals surface area contributed by atoms with Crippen LogP contribution in [-0.2, 0) is 6.42 Å². The lowest BCUT2D eigenvalue weighted by molar-refractivity contribution is 0.919. The number of alkyl halides is 1. The van der Waals surface area contributed by atoms with E-state index < -0.39 is 0 Å². The number of benzene rings is 2. The smallest absolute Gasteiger partial charge is 0.0626 e. The summed E-state index contributed by atoms with van der Waals surface area (Å²) in [5.74, 6) is 0. The molecule has 0 bridgehead atoms. The molecule has 1 unspecified atom stereocenters. The fourth-order valence-electron chi connectivity index (χ4n) is 1.65. The van der Waals surface area contributed by atoms with Gasteiger partial charge in [0.05, 0.1) is 10.4 Å². The van der Waals surface area contributed by atoms with Crippen LogP contribution >= 0.6 is 55.1 Å². The number of hydrogen-bond acceptors (Lipinski definition) is 0. The van der Waals surface area contributed by atoms with E-state index in [0.29, 0.717) is 5.02 Å². The lowest BCUT2D eigenvalue weighted by atomic mass is 10.0. The molecule has 0 spiro atoms. The number of hydrogen-bond donors (Lipinski definition) is 0. The Kier molecular flexibility index (Phi) is 5.14. The zero-order chi connectivity index (χ0) is 13.1. The molecule has 94 valence electrons. The normalized spacial score (nSPS) is 12.4. The molecule has 0 saturated heterocycles. The van der Waals surface area contributed by atoms with Crippen molar-refractivity contribution in [1.29, 1.82) is 0 Å². The van der Waals surface area contributed by atoms with Gasteiger partial charge in [0.2, 0.25) is 0 Å². The highest BCUT2D eigenvalue weighted by Crippen LogP contribution is 2.31. The van der Waals surface area contributed by atoms with Gasteiger partial charge in [-0.2, -0.15) is 0 Å². The second-order valence-electron chi connectivity index (χ2n) is 3.97. The van der Waals surface area contributed by atoms with Crippen LogP contribution in [0.25, 0.3) is 0 Å². The topological polar surface area (TPSA) is 0 Å². The molecule has 2 aromatic rings. The van der Waals surface area contributed by atoms with Crippen molar-refractivity contribution in [2.24, 2.45) is 0 Å². The molecule has 0 heterocycles. The molecule has 0 N–H and O–H groups in total. The Bertz CT molecular complexity index is 538. The zero-order valence-corrected chi connectivity index (χ0v) is 14.0. The fraction of sp³-hybridized carbons (Fsp3) is 0.143. The average Bonchev–Trinajstić information content (AvgIpc) is 2.35. The number of halogens is 4. The molecule has 0 radical (unpaired) electrons. The first-order valence-electron chi connectivity index (χ1n) is 5.40. The van der Waals surface area contributed by atoms with E-state index in [2.05, 4.69) is 44.0 Å². The Balaban J connectivity index is 2.13. The van der Waals surface area contributed by atoms with Crippen molar-refractivity contribution in [1.82, 2.24) is 0 Å². The van der Waals surface area contributed by atoms with Crippen LogP contribution in [0.2, 0.25) is 5.02 Å². The van der Waals surface area contributed by atoms with Crippen molar-refractivity contribution in [3.8, 4) is 0 Å². The predicted molar refractivity (Wildman–Crippen MR) is 85.6 cm³/mol. The van der Waals surface area contributed by atoms with Crippen LogP contribution in [0.4, 0.5) is 0 Å². The fourth-order valence-corrected chi connectivity index (χ4v) is 2.67. The van der Waals surface area contributed by atoms with Crippen LogP contribution in [0.5, 0.6) is 0 Å². The molecule has 0 amide bonds. The molecule has 2 rings (SSSR count). The van der Waals surface area contributed by atoms with Crippen molar-refractivity contribution >= 4 is 55.1 Å². The van der Waals surface area contributed by atoms with Crippen molar-refractivity contribution < 1.29 is 0 Å². The van der Waals surface area contributed by atoms with E-state index in [4.69, 9.17) is 23.2 Å². The molecule has 1 atom stereocenters. The minimum absolute atomic E-state index is 0.0724. The van der Waals surface area contributed by atoms with Gasteiger partial charge in [-0.1, -0.05) is 45.7 Å². The first-order valence-corrected chi connectivity index (χ1v) is 7.80. The highest BCUT2D eigenvalue weighted by atomic mass is 79.9. The maximum atomic E-state index is 6.42. The van der Waals surface area contributed by atoms with Crippen LogP contribution < -0.4 is 0 Å². The van der Waals surface area contributed by atoms with Crippen LogP contribution in [0, 0.1) is 0 Å². The molecule has 0 aliphatic carbocycles. The summed E-state index contributed by atoms with van der Waals surface area (Å²) in [4.78, 5) is 0. The molecular weight excluding hydrogens is 399 g/mol. The third kappa shape index (κ3) is 3.74. The summed E-state index contributed by atoms with van der Waals surface area (Å²) in [6, 6.07) is 14.0. The third-order valence-electron chi connectivity index (χ3n) is 2.63. The SMILES string of the molecule is Clc1cc(C(Cl)Cc2ccc(Br)cc2)ccc1Br. The number of rotatable bonds is 3. The van der Waals surface area contributed by atoms with E-state index in [1.807, 2.05) is 30.3 Å². The van der Waals surface area contributed by atoms with E-state index in [-0.39, 0.29) is 5.38 Å². The van der Waals surface area contributed by atoms with Crippen LogP contribution in [0.1, 0.15) is 16.5 Å². The van der Waals surface area contributed by atoms with Gasteiger partial charge in [-0.15, -0.1) is 11.6 Å². The van der Waals surface area contributed by atoms with Gasteiger partial charge in [-0.25, -0.2) is 0 Å². The largest absolute Gasteiger partial charge is 0.117 e. The van der Waals surface area contributed by atoms with Gasteiger partial charge in [0.15, 0.2) is 0 Å². The quantitative estimate of drug-likeness (QED) is 0.516. The Hall–Kier alpha value is -0.0200. The summed E-state index contributed by atoms with van der Waals surface area (Å²) >= 11 is 19.3. The van der Waals surface area contributed by atoms with Crippen molar-refractivity contribution in [2.75, 3.05) is 0 Å². The molecule has 18 heavy (non-hydrogen) atoms.